The van der Waals surface area contributed by atoms with Gasteiger partial charge in [0.15, 0.2) is 0 Å². The van der Waals surface area contributed by atoms with Gasteiger partial charge in [-0.15, -0.1) is 0 Å². The number of nitrogens with one attached hydrogen (secondary N) is 1. The number of ether oxygens (including phenoxy) is 2. The Labute approximate surface area is 210 Å². The molecule has 0 saturated heterocycles. The zero-order valence-corrected chi connectivity index (χ0v) is 21.7. The van der Waals surface area contributed by atoms with E-state index in [1.54, 1.807) is 7.11 Å². The Morgan fingerprint density at radius 1 is 0.943 bits per heavy atom. The molecule has 0 bridgehead atoms. The van der Waals surface area contributed by atoms with Gasteiger partial charge in [-0.05, 0) is 61.4 Å². The minimum Gasteiger partial charge on any atom is -0.496 e. The molecule has 3 rings (SSSR count). The summed E-state index contributed by atoms with van der Waals surface area (Å²) in [6.45, 7) is 9.14. The molecule has 3 aromatic rings. The van der Waals surface area contributed by atoms with Crippen LogP contribution in [0.3, 0.4) is 0 Å². The quantitative estimate of drug-likeness (QED) is 0.312. The number of hydrogen-bond acceptors (Lipinski definition) is 3. The Morgan fingerprint density at radius 3 is 2.23 bits per heavy atom. The standard InChI is InChI=1S/C31H39NO3/c1-6-31(4,25-12-8-7-9-13-25)20-21-32-30(33)22-28(27-14-10-11-15-29(27)34-5)24-16-18-26(19-17-24)35-23(2)3/h7-19,23,28H,6,20-22H2,1-5H3,(H,32,33). The highest BCUT2D eigenvalue weighted by molar-refractivity contribution is 5.77. The predicted octanol–water partition coefficient (Wildman–Crippen LogP) is 6.88. The summed E-state index contributed by atoms with van der Waals surface area (Å²) < 4.78 is 11.4. The molecule has 0 spiro atoms. The molecule has 0 fully saturated rings. The van der Waals surface area contributed by atoms with Gasteiger partial charge >= 0.3 is 0 Å². The molecular weight excluding hydrogens is 434 g/mol. The van der Waals surface area contributed by atoms with Gasteiger partial charge in [0.2, 0.25) is 5.91 Å². The second-order valence-electron chi connectivity index (χ2n) is 9.61. The zero-order valence-electron chi connectivity index (χ0n) is 21.7. The molecule has 0 aliphatic rings. The number of rotatable bonds is 12. The van der Waals surface area contributed by atoms with Crippen LogP contribution in [0.15, 0.2) is 78.9 Å². The molecule has 1 N–H and O–H groups in total. The van der Waals surface area contributed by atoms with E-state index in [1.807, 2.05) is 68.4 Å². The minimum absolute atomic E-state index is 0.0306. The van der Waals surface area contributed by atoms with Crippen LogP contribution in [0.2, 0.25) is 0 Å². The van der Waals surface area contributed by atoms with Crippen LogP contribution in [0.5, 0.6) is 11.5 Å². The van der Waals surface area contributed by atoms with E-state index in [4.69, 9.17) is 9.47 Å². The molecule has 0 aromatic heterocycles. The van der Waals surface area contributed by atoms with Crippen LogP contribution in [0.4, 0.5) is 0 Å². The Bertz CT molecular complexity index is 1060. The van der Waals surface area contributed by atoms with E-state index in [9.17, 15) is 4.79 Å². The maximum absolute atomic E-state index is 13.1. The van der Waals surface area contributed by atoms with Gasteiger partial charge in [-0.2, -0.15) is 0 Å². The first kappa shape index (κ1) is 26.3. The second-order valence-corrected chi connectivity index (χ2v) is 9.61. The normalized spacial score (nSPS) is 13.7. The van der Waals surface area contributed by atoms with E-state index in [-0.39, 0.29) is 23.3 Å². The summed E-state index contributed by atoms with van der Waals surface area (Å²) in [4.78, 5) is 13.1. The molecule has 186 valence electrons. The van der Waals surface area contributed by atoms with Crippen molar-refractivity contribution >= 4 is 5.91 Å². The summed E-state index contributed by atoms with van der Waals surface area (Å²) in [6.07, 6.45) is 2.36. The molecule has 0 aliphatic heterocycles. The summed E-state index contributed by atoms with van der Waals surface area (Å²) in [5.41, 5.74) is 3.41. The van der Waals surface area contributed by atoms with E-state index < -0.39 is 0 Å². The number of benzene rings is 3. The summed E-state index contributed by atoms with van der Waals surface area (Å²) in [7, 11) is 1.67. The lowest BCUT2D eigenvalue weighted by atomic mass is 9.77. The number of hydrogen-bond donors (Lipinski definition) is 1. The molecule has 2 unspecified atom stereocenters. The molecule has 35 heavy (non-hydrogen) atoms. The lowest BCUT2D eigenvalue weighted by Gasteiger charge is -2.29. The van der Waals surface area contributed by atoms with E-state index in [2.05, 4.69) is 43.4 Å². The first-order chi connectivity index (χ1) is 16.9. The summed E-state index contributed by atoms with van der Waals surface area (Å²) in [5, 5.41) is 3.18. The third kappa shape index (κ3) is 7.11. The Balaban J connectivity index is 1.74. The van der Waals surface area contributed by atoms with Gasteiger partial charge in [-0.1, -0.05) is 74.5 Å². The van der Waals surface area contributed by atoms with E-state index >= 15 is 0 Å². The fraction of sp³-hybridized carbons (Fsp3) is 0.387. The molecule has 3 aromatic carbocycles. The minimum atomic E-state index is -0.120. The van der Waals surface area contributed by atoms with Gasteiger partial charge in [-0.25, -0.2) is 0 Å². The van der Waals surface area contributed by atoms with Crippen LogP contribution in [0.25, 0.3) is 0 Å². The van der Waals surface area contributed by atoms with Crippen molar-refractivity contribution in [3.8, 4) is 11.5 Å². The van der Waals surface area contributed by atoms with E-state index in [0.29, 0.717) is 13.0 Å². The first-order valence-corrected chi connectivity index (χ1v) is 12.6. The van der Waals surface area contributed by atoms with Gasteiger partial charge in [0.1, 0.15) is 11.5 Å². The molecular formula is C31H39NO3. The number of carbonyl (C=O) groups excluding carboxylic acids is 1. The summed E-state index contributed by atoms with van der Waals surface area (Å²) in [6, 6.07) is 26.5. The maximum atomic E-state index is 13.1. The molecule has 0 heterocycles. The monoisotopic (exact) mass is 473 g/mol. The molecule has 2 atom stereocenters. The second kappa shape index (κ2) is 12.4. The van der Waals surface area contributed by atoms with Gasteiger partial charge in [-0.3, -0.25) is 4.79 Å². The van der Waals surface area contributed by atoms with E-state index in [0.717, 1.165) is 35.5 Å². The predicted molar refractivity (Wildman–Crippen MR) is 143 cm³/mol. The third-order valence-electron chi connectivity index (χ3n) is 6.81. The highest BCUT2D eigenvalue weighted by Gasteiger charge is 2.25. The van der Waals surface area contributed by atoms with Crippen LogP contribution in [-0.2, 0) is 10.2 Å². The van der Waals surface area contributed by atoms with Crippen molar-refractivity contribution in [2.45, 2.75) is 64.4 Å². The van der Waals surface area contributed by atoms with Crippen molar-refractivity contribution in [3.05, 3.63) is 95.6 Å². The van der Waals surface area contributed by atoms with Crippen molar-refractivity contribution in [1.29, 1.82) is 0 Å². The molecule has 0 radical (unpaired) electrons. The summed E-state index contributed by atoms with van der Waals surface area (Å²) in [5.74, 6) is 1.53. The average molecular weight is 474 g/mol. The SMILES string of the molecule is CCC(C)(CCNC(=O)CC(c1ccc(OC(C)C)cc1)c1ccccc1OC)c1ccccc1. The fourth-order valence-corrected chi connectivity index (χ4v) is 4.51. The number of para-hydroxylation sites is 1. The Morgan fingerprint density at radius 2 is 1.60 bits per heavy atom. The lowest BCUT2D eigenvalue weighted by Crippen LogP contribution is -2.32. The molecule has 0 saturated carbocycles. The van der Waals surface area contributed by atoms with Crippen LogP contribution >= 0.6 is 0 Å². The zero-order chi connectivity index (χ0) is 25.3. The van der Waals surface area contributed by atoms with Crippen molar-refractivity contribution in [2.24, 2.45) is 0 Å². The van der Waals surface area contributed by atoms with Crippen molar-refractivity contribution in [1.82, 2.24) is 5.32 Å². The largest absolute Gasteiger partial charge is 0.496 e. The first-order valence-electron chi connectivity index (χ1n) is 12.6. The number of carbonyl (C=O) groups is 1. The van der Waals surface area contributed by atoms with Crippen LogP contribution in [-0.4, -0.2) is 25.7 Å². The topological polar surface area (TPSA) is 47.6 Å². The average Bonchev–Trinajstić information content (AvgIpc) is 2.88. The van der Waals surface area contributed by atoms with Crippen molar-refractivity contribution in [3.63, 3.8) is 0 Å². The fourth-order valence-electron chi connectivity index (χ4n) is 4.51. The van der Waals surface area contributed by atoms with Gasteiger partial charge in [0.05, 0.1) is 13.2 Å². The lowest BCUT2D eigenvalue weighted by molar-refractivity contribution is -0.121. The van der Waals surface area contributed by atoms with Gasteiger partial charge in [0, 0.05) is 24.4 Å². The highest BCUT2D eigenvalue weighted by Crippen LogP contribution is 2.35. The molecule has 4 nitrogen and oxygen atoms in total. The molecule has 1 amide bonds. The molecule has 4 heteroatoms. The van der Waals surface area contributed by atoms with Crippen LogP contribution < -0.4 is 14.8 Å². The van der Waals surface area contributed by atoms with Gasteiger partial charge in [0.25, 0.3) is 0 Å². The van der Waals surface area contributed by atoms with Crippen LogP contribution in [0.1, 0.15) is 69.6 Å². The van der Waals surface area contributed by atoms with Gasteiger partial charge < -0.3 is 14.8 Å². The Kier molecular flexibility index (Phi) is 9.36. The van der Waals surface area contributed by atoms with Crippen LogP contribution in [0, 0.1) is 0 Å². The summed E-state index contributed by atoms with van der Waals surface area (Å²) >= 11 is 0. The van der Waals surface area contributed by atoms with Crippen molar-refractivity contribution in [2.75, 3.05) is 13.7 Å². The molecule has 0 aliphatic carbocycles. The number of methoxy groups -OCH3 is 1. The maximum Gasteiger partial charge on any atom is 0.220 e. The smallest absolute Gasteiger partial charge is 0.220 e. The highest BCUT2D eigenvalue weighted by atomic mass is 16.5. The third-order valence-corrected chi connectivity index (χ3v) is 6.81. The Hall–Kier alpha value is -3.27. The van der Waals surface area contributed by atoms with E-state index in [1.165, 1.54) is 5.56 Å². The van der Waals surface area contributed by atoms with Crippen molar-refractivity contribution < 1.29 is 14.3 Å². The number of amides is 1.